The van der Waals surface area contributed by atoms with Gasteiger partial charge in [0, 0.05) is 25.6 Å². The molecule has 9 nitrogen and oxygen atoms in total. The molecule has 1 aromatic heterocycles. The highest BCUT2D eigenvalue weighted by Gasteiger charge is 2.31. The van der Waals surface area contributed by atoms with Crippen molar-refractivity contribution < 1.29 is 14.3 Å². The number of H-pyrrole nitrogens is 1. The lowest BCUT2D eigenvalue weighted by Crippen LogP contribution is -2.32. The van der Waals surface area contributed by atoms with Gasteiger partial charge in [-0.3, -0.25) is 24.7 Å². The van der Waals surface area contributed by atoms with E-state index in [2.05, 4.69) is 15.3 Å². The zero-order chi connectivity index (χ0) is 23.9. The molecule has 2 aromatic carbocycles. The summed E-state index contributed by atoms with van der Waals surface area (Å²) in [6, 6.07) is 18.7. The Balaban J connectivity index is 1.55. The number of nitrogens with zero attached hydrogens (tertiary/aromatic N) is 3. The summed E-state index contributed by atoms with van der Waals surface area (Å²) in [6.07, 6.45) is 1.46. The van der Waals surface area contributed by atoms with Crippen molar-refractivity contribution in [1.82, 2.24) is 9.97 Å². The van der Waals surface area contributed by atoms with Gasteiger partial charge in [-0.05, 0) is 30.5 Å². The molecule has 3 aromatic rings. The zero-order valence-corrected chi connectivity index (χ0v) is 19.0. The number of ether oxygens (including phenoxy) is 1. The van der Waals surface area contributed by atoms with Gasteiger partial charge in [0.15, 0.2) is 5.82 Å². The molecule has 0 unspecified atom stereocenters. The molecule has 1 aliphatic rings. The van der Waals surface area contributed by atoms with Gasteiger partial charge < -0.3 is 14.5 Å². The van der Waals surface area contributed by atoms with E-state index in [1.54, 1.807) is 24.3 Å². The number of benzene rings is 2. The van der Waals surface area contributed by atoms with Gasteiger partial charge in [-0.15, -0.1) is 0 Å². The Hall–Kier alpha value is -4.14. The first kappa shape index (κ1) is 23.0. The van der Waals surface area contributed by atoms with Gasteiger partial charge in [0.1, 0.15) is 5.69 Å². The van der Waals surface area contributed by atoms with Crippen molar-refractivity contribution in [2.75, 3.05) is 34.9 Å². The van der Waals surface area contributed by atoms with Crippen LogP contribution in [0.5, 0.6) is 0 Å². The van der Waals surface area contributed by atoms with E-state index in [1.165, 1.54) is 6.92 Å². The molecule has 9 heteroatoms. The van der Waals surface area contributed by atoms with Crippen molar-refractivity contribution in [3.8, 4) is 0 Å². The van der Waals surface area contributed by atoms with Crippen molar-refractivity contribution in [1.29, 1.82) is 0 Å². The fourth-order valence-corrected chi connectivity index (χ4v) is 3.86. The number of rotatable bonds is 9. The highest BCUT2D eigenvalue weighted by molar-refractivity contribution is 6.03. The third-order valence-corrected chi connectivity index (χ3v) is 5.45. The average Bonchev–Trinajstić information content (AvgIpc) is 3.17. The van der Waals surface area contributed by atoms with Gasteiger partial charge in [0.05, 0.1) is 13.3 Å². The largest absolute Gasteiger partial charge is 0.466 e. The van der Waals surface area contributed by atoms with Crippen LogP contribution in [0.15, 0.2) is 65.5 Å². The Labute approximate surface area is 197 Å². The summed E-state index contributed by atoms with van der Waals surface area (Å²) in [4.78, 5) is 47.9. The molecule has 1 aliphatic heterocycles. The lowest BCUT2D eigenvalue weighted by atomic mass is 10.2. The highest BCUT2D eigenvalue weighted by Crippen LogP contribution is 2.32. The number of carbonyl (C=O) groups excluding carboxylic acids is 2. The van der Waals surface area contributed by atoms with Crippen LogP contribution in [0.3, 0.4) is 0 Å². The second kappa shape index (κ2) is 10.7. The maximum absolute atomic E-state index is 13.1. The minimum atomic E-state index is -0.351. The van der Waals surface area contributed by atoms with E-state index in [4.69, 9.17) is 4.74 Å². The number of fused-ring (bicyclic) bond motifs is 1. The fourth-order valence-electron chi connectivity index (χ4n) is 3.86. The number of anilines is 3. The van der Waals surface area contributed by atoms with Gasteiger partial charge in [0.25, 0.3) is 11.5 Å². The minimum Gasteiger partial charge on any atom is -0.466 e. The molecule has 0 radical (unpaired) electrons. The van der Waals surface area contributed by atoms with Crippen LogP contribution in [0.1, 0.15) is 35.7 Å². The molecule has 0 saturated carbocycles. The molecule has 4 rings (SSSR count). The Morgan fingerprint density at radius 3 is 2.44 bits per heavy atom. The van der Waals surface area contributed by atoms with E-state index < -0.39 is 0 Å². The SMILES string of the molecule is CC(=O)OCCCCN1CN(Cc2ccccc2)c2c1nc(NC(=O)c1ccccc1)[nH]c2=O. The Kier molecular flexibility index (Phi) is 7.22. The third-order valence-electron chi connectivity index (χ3n) is 5.45. The minimum absolute atomic E-state index is 0.101. The molecule has 0 bridgehead atoms. The molecule has 1 amide bonds. The van der Waals surface area contributed by atoms with E-state index in [9.17, 15) is 14.4 Å². The van der Waals surface area contributed by atoms with Crippen LogP contribution in [0.25, 0.3) is 0 Å². The van der Waals surface area contributed by atoms with Gasteiger partial charge in [-0.25, -0.2) is 0 Å². The number of aromatic nitrogens is 2. The van der Waals surface area contributed by atoms with Gasteiger partial charge >= 0.3 is 5.97 Å². The maximum atomic E-state index is 13.1. The molecule has 2 N–H and O–H groups in total. The summed E-state index contributed by atoms with van der Waals surface area (Å²) in [5.74, 6) is -0.0251. The summed E-state index contributed by atoms with van der Waals surface area (Å²) in [6.45, 7) is 3.41. The molecule has 34 heavy (non-hydrogen) atoms. The lowest BCUT2D eigenvalue weighted by molar-refractivity contribution is -0.141. The summed E-state index contributed by atoms with van der Waals surface area (Å²) in [5.41, 5.74) is 1.71. The standard InChI is InChI=1S/C25H27N5O4/c1-18(31)34-15-9-8-14-29-17-30(16-19-10-4-2-5-11-19)21-22(29)26-25(28-24(21)33)27-23(32)20-12-6-3-7-13-20/h2-7,10-13H,8-9,14-17H2,1H3,(H2,26,27,28,32,33). The van der Waals surface area contributed by atoms with Crippen molar-refractivity contribution >= 4 is 29.3 Å². The summed E-state index contributed by atoms with van der Waals surface area (Å²) < 4.78 is 5.01. The fraction of sp³-hybridized carbons (Fsp3) is 0.280. The van der Waals surface area contributed by atoms with Crippen LogP contribution in [-0.4, -0.2) is 41.7 Å². The van der Waals surface area contributed by atoms with Crippen LogP contribution in [0, 0.1) is 0 Å². The first-order valence-electron chi connectivity index (χ1n) is 11.2. The quantitative estimate of drug-likeness (QED) is 0.372. The first-order valence-corrected chi connectivity index (χ1v) is 11.2. The molecule has 176 valence electrons. The predicted octanol–water partition coefficient (Wildman–Crippen LogP) is 3.15. The molecule has 0 saturated heterocycles. The number of nitrogens with one attached hydrogen (secondary N) is 2. The lowest BCUT2D eigenvalue weighted by Gasteiger charge is -2.21. The van der Waals surface area contributed by atoms with E-state index in [0.717, 1.165) is 12.0 Å². The summed E-state index contributed by atoms with van der Waals surface area (Å²) in [5, 5.41) is 2.69. The van der Waals surface area contributed by atoms with Crippen LogP contribution >= 0.6 is 0 Å². The summed E-state index contributed by atoms with van der Waals surface area (Å²) >= 11 is 0. The predicted molar refractivity (Wildman–Crippen MR) is 130 cm³/mol. The number of hydrogen-bond acceptors (Lipinski definition) is 7. The monoisotopic (exact) mass is 461 g/mol. The number of aromatic amines is 1. The number of unbranched alkanes of at least 4 members (excludes halogenated alkanes) is 1. The molecular formula is C25H27N5O4. The second-order valence-electron chi connectivity index (χ2n) is 8.04. The van der Waals surface area contributed by atoms with Crippen molar-refractivity contribution in [3.63, 3.8) is 0 Å². The topological polar surface area (TPSA) is 108 Å². The Morgan fingerprint density at radius 1 is 1.03 bits per heavy atom. The third kappa shape index (κ3) is 5.61. The first-order chi connectivity index (χ1) is 16.5. The highest BCUT2D eigenvalue weighted by atomic mass is 16.5. The number of amides is 1. The van der Waals surface area contributed by atoms with Gasteiger partial charge in [-0.2, -0.15) is 4.98 Å². The van der Waals surface area contributed by atoms with Crippen LogP contribution in [0.2, 0.25) is 0 Å². The van der Waals surface area contributed by atoms with Crippen molar-refractivity contribution in [2.24, 2.45) is 0 Å². The van der Waals surface area contributed by atoms with Crippen molar-refractivity contribution in [3.05, 3.63) is 82.1 Å². The average molecular weight is 462 g/mol. The molecule has 0 fully saturated rings. The van der Waals surface area contributed by atoms with Crippen LogP contribution < -0.4 is 20.7 Å². The molecule has 2 heterocycles. The van der Waals surface area contributed by atoms with Gasteiger partial charge in [0.2, 0.25) is 5.95 Å². The molecular weight excluding hydrogens is 434 g/mol. The second-order valence-corrected chi connectivity index (χ2v) is 8.04. The normalized spacial score (nSPS) is 12.4. The molecule has 0 spiro atoms. The van der Waals surface area contributed by atoms with Crippen molar-refractivity contribution in [2.45, 2.75) is 26.3 Å². The Morgan fingerprint density at radius 2 is 1.74 bits per heavy atom. The summed E-state index contributed by atoms with van der Waals surface area (Å²) in [7, 11) is 0. The molecule has 0 atom stereocenters. The van der Waals surface area contributed by atoms with Gasteiger partial charge in [-0.1, -0.05) is 48.5 Å². The number of esters is 1. The van der Waals surface area contributed by atoms with E-state index in [0.29, 0.717) is 49.9 Å². The zero-order valence-electron chi connectivity index (χ0n) is 19.0. The maximum Gasteiger partial charge on any atom is 0.302 e. The van der Waals surface area contributed by atoms with Crippen LogP contribution in [-0.2, 0) is 16.1 Å². The smallest absolute Gasteiger partial charge is 0.302 e. The van der Waals surface area contributed by atoms with E-state index >= 15 is 0 Å². The number of carbonyl (C=O) groups is 2. The number of hydrogen-bond donors (Lipinski definition) is 2. The molecule has 0 aliphatic carbocycles. The van der Waals surface area contributed by atoms with E-state index in [-0.39, 0.29) is 23.4 Å². The van der Waals surface area contributed by atoms with Crippen LogP contribution in [0.4, 0.5) is 17.5 Å². The van der Waals surface area contributed by atoms with E-state index in [1.807, 2.05) is 46.2 Å². The Bertz CT molecular complexity index is 1200.